The molecule has 0 aromatic rings. The van der Waals surface area contributed by atoms with Gasteiger partial charge in [0.2, 0.25) is 0 Å². The number of hydrogen-bond donors (Lipinski definition) is 0. The van der Waals surface area contributed by atoms with E-state index < -0.39 is 0 Å². The van der Waals surface area contributed by atoms with Crippen LogP contribution in [0.25, 0.3) is 0 Å². The first kappa shape index (κ1) is 8.65. The highest BCUT2D eigenvalue weighted by atomic mass is 79.9. The van der Waals surface area contributed by atoms with E-state index in [0.717, 1.165) is 12.8 Å². The molecule has 0 N–H and O–H groups in total. The van der Waals surface area contributed by atoms with Crippen LogP contribution < -0.4 is 0 Å². The molecule has 0 aromatic heterocycles. The first-order chi connectivity index (χ1) is 5.33. The van der Waals surface area contributed by atoms with Crippen LogP contribution in [0.1, 0.15) is 12.8 Å². The lowest BCUT2D eigenvalue weighted by molar-refractivity contribution is 0.932. The van der Waals surface area contributed by atoms with Gasteiger partial charge in [-0.2, -0.15) is 4.91 Å². The quantitative estimate of drug-likeness (QED) is 0.526. The minimum absolute atomic E-state index is 0.392. The number of alkyl halides is 1. The maximum atomic E-state index is 9.80. The minimum Gasteiger partial charge on any atom is -0.151 e. The summed E-state index contributed by atoms with van der Waals surface area (Å²) in [5.74, 6) is 0. The molecule has 2 nitrogen and oxygen atoms in total. The van der Waals surface area contributed by atoms with Crippen molar-refractivity contribution in [1.82, 2.24) is 0 Å². The predicted octanol–water partition coefficient (Wildman–Crippen LogP) is 2.79. The third kappa shape index (κ3) is 2.97. The second kappa shape index (κ2) is 4.44. The topological polar surface area (TPSA) is 29.4 Å². The van der Waals surface area contributed by atoms with Crippen molar-refractivity contribution in [2.75, 3.05) is 6.54 Å². The molecule has 0 saturated heterocycles. The summed E-state index contributed by atoms with van der Waals surface area (Å²) in [6.07, 6.45) is 8.09. The van der Waals surface area contributed by atoms with Crippen molar-refractivity contribution in [2.45, 2.75) is 17.7 Å². The third-order valence-corrected chi connectivity index (χ3v) is 2.30. The van der Waals surface area contributed by atoms with Gasteiger partial charge in [-0.25, -0.2) is 0 Å². The molecule has 0 spiro atoms. The maximum Gasteiger partial charge on any atom is 0.0851 e. The fourth-order valence-corrected chi connectivity index (χ4v) is 1.34. The Bertz CT molecular complexity index is 198. The largest absolute Gasteiger partial charge is 0.151 e. The molecule has 0 saturated carbocycles. The number of hydrogen-bond acceptors (Lipinski definition) is 2. The summed E-state index contributed by atoms with van der Waals surface area (Å²) in [6, 6.07) is 0. The molecule has 1 unspecified atom stereocenters. The van der Waals surface area contributed by atoms with Gasteiger partial charge in [-0.1, -0.05) is 44.9 Å². The standard InChI is InChI=1S/C8H10BrNO/c9-8-3-1-7(2-4-8)5-6-10-11/h1-3,8H,4-6H2. The smallest absolute Gasteiger partial charge is 0.0851 e. The van der Waals surface area contributed by atoms with E-state index in [1.807, 2.05) is 6.08 Å². The molecule has 1 aliphatic rings. The Morgan fingerprint density at radius 1 is 1.73 bits per heavy atom. The Balaban J connectivity index is 2.37. The molecule has 0 heterocycles. The van der Waals surface area contributed by atoms with Crippen LogP contribution in [0.3, 0.4) is 0 Å². The number of allylic oxidation sites excluding steroid dienone is 3. The number of halogens is 1. The highest BCUT2D eigenvalue weighted by Crippen LogP contribution is 2.18. The van der Waals surface area contributed by atoms with E-state index in [-0.39, 0.29) is 0 Å². The molecule has 11 heavy (non-hydrogen) atoms. The van der Waals surface area contributed by atoms with E-state index in [4.69, 9.17) is 0 Å². The summed E-state index contributed by atoms with van der Waals surface area (Å²) < 4.78 is 0. The van der Waals surface area contributed by atoms with Gasteiger partial charge in [-0.3, -0.25) is 0 Å². The van der Waals surface area contributed by atoms with Crippen molar-refractivity contribution in [2.24, 2.45) is 5.18 Å². The molecule has 0 bridgehead atoms. The van der Waals surface area contributed by atoms with Gasteiger partial charge >= 0.3 is 0 Å². The van der Waals surface area contributed by atoms with E-state index in [1.165, 1.54) is 5.57 Å². The lowest BCUT2D eigenvalue weighted by atomic mass is 10.0. The molecule has 3 heteroatoms. The zero-order valence-electron chi connectivity index (χ0n) is 6.16. The van der Waals surface area contributed by atoms with Crippen LogP contribution in [0.2, 0.25) is 0 Å². The SMILES string of the molecule is O=NCCC1=CCC(Br)C=C1. The highest BCUT2D eigenvalue weighted by Gasteiger charge is 2.03. The Kier molecular flexibility index (Phi) is 3.49. The van der Waals surface area contributed by atoms with Gasteiger partial charge in [0.15, 0.2) is 0 Å². The lowest BCUT2D eigenvalue weighted by Crippen LogP contribution is -1.97. The average Bonchev–Trinajstić information content (AvgIpc) is 2.04. The Morgan fingerprint density at radius 2 is 2.55 bits per heavy atom. The lowest BCUT2D eigenvalue weighted by Gasteiger charge is -2.08. The van der Waals surface area contributed by atoms with Crippen LogP contribution in [-0.4, -0.2) is 11.4 Å². The number of nitrogens with zero attached hydrogens (tertiary/aromatic N) is 1. The zero-order chi connectivity index (χ0) is 8.10. The molecule has 1 atom stereocenters. The molecule has 60 valence electrons. The van der Waals surface area contributed by atoms with Crippen LogP contribution in [0.15, 0.2) is 29.0 Å². The molecule has 0 amide bonds. The van der Waals surface area contributed by atoms with Crippen molar-refractivity contribution in [3.05, 3.63) is 28.7 Å². The first-order valence-corrected chi connectivity index (χ1v) is 4.55. The second-order valence-electron chi connectivity index (χ2n) is 2.49. The first-order valence-electron chi connectivity index (χ1n) is 3.63. The molecule has 0 radical (unpaired) electrons. The van der Waals surface area contributed by atoms with Crippen LogP contribution in [0, 0.1) is 4.91 Å². The van der Waals surface area contributed by atoms with Crippen molar-refractivity contribution in [3.63, 3.8) is 0 Å². The van der Waals surface area contributed by atoms with E-state index in [0.29, 0.717) is 11.4 Å². The van der Waals surface area contributed by atoms with Gasteiger partial charge in [0, 0.05) is 4.83 Å². The summed E-state index contributed by atoms with van der Waals surface area (Å²) in [5, 5.41) is 2.81. The average molecular weight is 216 g/mol. The summed E-state index contributed by atoms with van der Waals surface area (Å²) in [4.78, 5) is 10.3. The van der Waals surface area contributed by atoms with Crippen LogP contribution in [0.5, 0.6) is 0 Å². The van der Waals surface area contributed by atoms with E-state index in [9.17, 15) is 4.91 Å². The van der Waals surface area contributed by atoms with Gasteiger partial charge < -0.3 is 0 Å². The molecule has 1 rings (SSSR count). The van der Waals surface area contributed by atoms with Crippen molar-refractivity contribution in [1.29, 1.82) is 0 Å². The van der Waals surface area contributed by atoms with Crippen molar-refractivity contribution >= 4 is 15.9 Å². The van der Waals surface area contributed by atoms with Crippen molar-refractivity contribution in [3.8, 4) is 0 Å². The zero-order valence-corrected chi connectivity index (χ0v) is 7.75. The Hall–Kier alpha value is -0.440. The van der Waals surface area contributed by atoms with Gasteiger partial charge in [-0.15, -0.1) is 0 Å². The molecular formula is C8H10BrNO. The molecular weight excluding hydrogens is 206 g/mol. The number of nitroso groups, excluding NO2 is 1. The highest BCUT2D eigenvalue weighted by molar-refractivity contribution is 9.09. The van der Waals surface area contributed by atoms with Crippen LogP contribution >= 0.6 is 15.9 Å². The minimum atomic E-state index is 0.392. The van der Waals surface area contributed by atoms with Gasteiger partial charge in [0.1, 0.15) is 0 Å². The fourth-order valence-electron chi connectivity index (χ4n) is 0.999. The van der Waals surface area contributed by atoms with Gasteiger partial charge in [-0.05, 0) is 12.8 Å². The van der Waals surface area contributed by atoms with E-state index >= 15 is 0 Å². The van der Waals surface area contributed by atoms with Gasteiger partial charge in [0.25, 0.3) is 0 Å². The van der Waals surface area contributed by atoms with Gasteiger partial charge in [0.05, 0.1) is 6.54 Å². The van der Waals surface area contributed by atoms with Crippen LogP contribution in [0.4, 0.5) is 0 Å². The summed E-state index contributed by atoms with van der Waals surface area (Å²) in [5.41, 5.74) is 1.22. The summed E-state index contributed by atoms with van der Waals surface area (Å²) in [6.45, 7) is 0.392. The monoisotopic (exact) mass is 215 g/mol. The normalized spacial score (nSPS) is 23.0. The summed E-state index contributed by atoms with van der Waals surface area (Å²) >= 11 is 3.47. The maximum absolute atomic E-state index is 9.80. The fraction of sp³-hybridized carbons (Fsp3) is 0.500. The third-order valence-electron chi connectivity index (χ3n) is 1.62. The molecule has 0 aliphatic heterocycles. The molecule has 0 aromatic carbocycles. The predicted molar refractivity (Wildman–Crippen MR) is 49.8 cm³/mol. The van der Waals surface area contributed by atoms with E-state index in [1.54, 1.807) is 0 Å². The molecule has 0 fully saturated rings. The number of rotatable bonds is 3. The Labute approximate surface area is 74.5 Å². The van der Waals surface area contributed by atoms with Crippen molar-refractivity contribution < 1.29 is 0 Å². The van der Waals surface area contributed by atoms with E-state index in [2.05, 4.69) is 33.3 Å². The molecule has 1 aliphatic carbocycles. The van der Waals surface area contributed by atoms with Crippen LogP contribution in [-0.2, 0) is 0 Å². The Morgan fingerprint density at radius 3 is 3.09 bits per heavy atom. The second-order valence-corrected chi connectivity index (χ2v) is 3.67. The summed E-state index contributed by atoms with van der Waals surface area (Å²) in [7, 11) is 0.